The number of carboxylic acid groups (broad SMARTS) is 1. The third kappa shape index (κ3) is 8.16. The number of carbonyl (C=O) groups is 4. The van der Waals surface area contributed by atoms with E-state index in [1.54, 1.807) is 26.0 Å². The summed E-state index contributed by atoms with van der Waals surface area (Å²) in [4.78, 5) is 49.0. The molecule has 0 spiro atoms. The van der Waals surface area contributed by atoms with Crippen molar-refractivity contribution in [2.24, 2.45) is 11.7 Å². The molecule has 5 unspecified atom stereocenters. The first-order chi connectivity index (χ1) is 14.8. The molecular formula is C21H32N4O7. The first-order valence-corrected chi connectivity index (χ1v) is 10.2. The van der Waals surface area contributed by atoms with Crippen LogP contribution in [0.4, 0.5) is 0 Å². The van der Waals surface area contributed by atoms with Gasteiger partial charge in [-0.3, -0.25) is 14.4 Å². The summed E-state index contributed by atoms with van der Waals surface area (Å²) in [5.74, 6) is -3.92. The van der Waals surface area contributed by atoms with Crippen LogP contribution in [0.3, 0.4) is 0 Å². The Bertz CT molecular complexity index is 809. The fraction of sp³-hybridized carbons (Fsp3) is 0.524. The molecule has 0 aliphatic carbocycles. The van der Waals surface area contributed by atoms with Crippen LogP contribution in [0.5, 0.6) is 5.75 Å². The summed E-state index contributed by atoms with van der Waals surface area (Å²) in [6.07, 6.45) is -1.33. The normalized spacial score (nSPS) is 15.7. The summed E-state index contributed by atoms with van der Waals surface area (Å²) in [7, 11) is 0. The number of carbonyl (C=O) groups excluding carboxylic acids is 3. The van der Waals surface area contributed by atoms with Crippen molar-refractivity contribution in [2.45, 2.75) is 64.4 Å². The van der Waals surface area contributed by atoms with Gasteiger partial charge in [-0.1, -0.05) is 26.0 Å². The lowest BCUT2D eigenvalue weighted by Gasteiger charge is -2.27. The molecule has 8 N–H and O–H groups in total. The molecule has 5 atom stereocenters. The van der Waals surface area contributed by atoms with E-state index in [-0.39, 0.29) is 12.2 Å². The Balaban J connectivity index is 3.06. The van der Waals surface area contributed by atoms with Crippen molar-refractivity contribution in [1.29, 1.82) is 0 Å². The van der Waals surface area contributed by atoms with Gasteiger partial charge in [0.1, 0.15) is 23.9 Å². The predicted molar refractivity (Wildman–Crippen MR) is 115 cm³/mol. The molecule has 0 aliphatic heterocycles. The Morgan fingerprint density at radius 2 is 1.41 bits per heavy atom. The van der Waals surface area contributed by atoms with Gasteiger partial charge in [0.2, 0.25) is 17.7 Å². The minimum atomic E-state index is -1.46. The maximum atomic E-state index is 12.9. The third-order valence-electron chi connectivity index (χ3n) is 4.72. The van der Waals surface area contributed by atoms with Crippen LogP contribution in [-0.4, -0.2) is 69.3 Å². The van der Waals surface area contributed by atoms with Crippen LogP contribution in [0.25, 0.3) is 0 Å². The van der Waals surface area contributed by atoms with Gasteiger partial charge in [-0.25, -0.2) is 4.79 Å². The number of aliphatic carboxylic acids is 1. The Labute approximate surface area is 186 Å². The minimum absolute atomic E-state index is 0.0163. The average molecular weight is 453 g/mol. The molecule has 0 aromatic heterocycles. The first-order valence-electron chi connectivity index (χ1n) is 10.2. The molecule has 1 rings (SSSR count). The van der Waals surface area contributed by atoms with Gasteiger partial charge in [0.15, 0.2) is 0 Å². The minimum Gasteiger partial charge on any atom is -0.508 e. The second-order valence-electron chi connectivity index (χ2n) is 8.02. The van der Waals surface area contributed by atoms with Crippen molar-refractivity contribution in [1.82, 2.24) is 16.0 Å². The largest absolute Gasteiger partial charge is 0.508 e. The second-order valence-corrected chi connectivity index (χ2v) is 8.02. The number of hydrogen-bond acceptors (Lipinski definition) is 7. The van der Waals surface area contributed by atoms with Crippen LogP contribution in [0.2, 0.25) is 0 Å². The number of carboxylic acids is 1. The molecule has 0 fully saturated rings. The van der Waals surface area contributed by atoms with E-state index >= 15 is 0 Å². The van der Waals surface area contributed by atoms with Gasteiger partial charge in [0.25, 0.3) is 0 Å². The van der Waals surface area contributed by atoms with Crippen LogP contribution in [0, 0.1) is 5.92 Å². The number of nitrogens with one attached hydrogen (secondary N) is 3. The van der Waals surface area contributed by atoms with E-state index < -0.39 is 59.9 Å². The molecular weight excluding hydrogens is 420 g/mol. The number of aromatic hydroxyl groups is 1. The summed E-state index contributed by atoms with van der Waals surface area (Å²) in [5, 5.41) is 35.9. The van der Waals surface area contributed by atoms with Crippen molar-refractivity contribution in [3.05, 3.63) is 29.8 Å². The highest BCUT2D eigenvalue weighted by atomic mass is 16.4. The topological polar surface area (TPSA) is 191 Å². The number of benzene rings is 1. The molecule has 1 aromatic carbocycles. The average Bonchev–Trinajstić information content (AvgIpc) is 2.69. The Kier molecular flexibility index (Phi) is 10.1. The van der Waals surface area contributed by atoms with Crippen LogP contribution < -0.4 is 21.7 Å². The van der Waals surface area contributed by atoms with E-state index in [0.717, 1.165) is 0 Å². The Morgan fingerprint density at radius 3 is 1.84 bits per heavy atom. The monoisotopic (exact) mass is 452 g/mol. The van der Waals surface area contributed by atoms with E-state index in [4.69, 9.17) is 5.73 Å². The molecule has 178 valence electrons. The number of hydrogen-bond donors (Lipinski definition) is 7. The fourth-order valence-electron chi connectivity index (χ4n) is 2.80. The lowest BCUT2D eigenvalue weighted by atomic mass is 10.0. The van der Waals surface area contributed by atoms with Gasteiger partial charge >= 0.3 is 5.97 Å². The molecule has 0 aliphatic rings. The summed E-state index contributed by atoms with van der Waals surface area (Å²) in [5.41, 5.74) is 6.18. The summed E-state index contributed by atoms with van der Waals surface area (Å²) < 4.78 is 0. The maximum Gasteiger partial charge on any atom is 0.326 e. The lowest BCUT2D eigenvalue weighted by molar-refractivity contribution is -0.144. The Hall–Kier alpha value is -3.18. The van der Waals surface area contributed by atoms with E-state index in [9.17, 15) is 34.5 Å². The maximum absolute atomic E-state index is 12.9. The number of phenolic OH excluding ortho intramolecular Hbond substituents is 1. The summed E-state index contributed by atoms with van der Waals surface area (Å²) >= 11 is 0. The summed E-state index contributed by atoms with van der Waals surface area (Å²) in [6.45, 7) is 5.92. The van der Waals surface area contributed by atoms with Gasteiger partial charge in [-0.15, -0.1) is 0 Å². The van der Waals surface area contributed by atoms with Crippen molar-refractivity contribution < 1.29 is 34.5 Å². The molecule has 1 aromatic rings. The molecule has 0 radical (unpaired) electrons. The van der Waals surface area contributed by atoms with Gasteiger partial charge in [-0.05, 0) is 37.5 Å². The molecule has 32 heavy (non-hydrogen) atoms. The van der Waals surface area contributed by atoms with Gasteiger partial charge in [-0.2, -0.15) is 0 Å². The molecule has 11 heteroatoms. The quantitative estimate of drug-likeness (QED) is 0.219. The molecule has 3 amide bonds. The van der Waals surface area contributed by atoms with E-state index in [0.29, 0.717) is 5.56 Å². The first kappa shape index (κ1) is 26.9. The second kappa shape index (κ2) is 12.0. The van der Waals surface area contributed by atoms with Crippen molar-refractivity contribution in [3.8, 4) is 5.75 Å². The van der Waals surface area contributed by atoms with Crippen LogP contribution in [-0.2, 0) is 25.6 Å². The van der Waals surface area contributed by atoms with Crippen LogP contribution >= 0.6 is 0 Å². The van der Waals surface area contributed by atoms with Crippen LogP contribution in [0.15, 0.2) is 24.3 Å². The highest BCUT2D eigenvalue weighted by Crippen LogP contribution is 2.12. The Morgan fingerprint density at radius 1 is 0.875 bits per heavy atom. The molecule has 0 saturated heterocycles. The van der Waals surface area contributed by atoms with Crippen molar-refractivity contribution in [3.63, 3.8) is 0 Å². The molecule has 0 bridgehead atoms. The van der Waals surface area contributed by atoms with Crippen LogP contribution in [0.1, 0.15) is 33.3 Å². The lowest BCUT2D eigenvalue weighted by Crippen LogP contribution is -2.60. The number of nitrogens with two attached hydrogens (primary N) is 1. The summed E-state index contributed by atoms with van der Waals surface area (Å²) in [6, 6.07) is 1.24. The van der Waals surface area contributed by atoms with E-state index in [2.05, 4.69) is 16.0 Å². The van der Waals surface area contributed by atoms with Crippen molar-refractivity contribution in [2.75, 3.05) is 0 Å². The zero-order chi connectivity index (χ0) is 24.6. The number of rotatable bonds is 11. The van der Waals surface area contributed by atoms with Gasteiger partial charge in [0, 0.05) is 6.42 Å². The van der Waals surface area contributed by atoms with Crippen molar-refractivity contribution >= 4 is 23.7 Å². The number of aliphatic hydroxyl groups excluding tert-OH is 1. The highest BCUT2D eigenvalue weighted by molar-refractivity contribution is 5.94. The van der Waals surface area contributed by atoms with E-state index in [1.807, 2.05) is 0 Å². The molecule has 11 nitrogen and oxygen atoms in total. The number of amides is 3. The number of aliphatic hydroxyl groups is 1. The van der Waals surface area contributed by atoms with E-state index in [1.165, 1.54) is 26.0 Å². The highest BCUT2D eigenvalue weighted by Gasteiger charge is 2.33. The zero-order valence-corrected chi connectivity index (χ0v) is 18.5. The zero-order valence-electron chi connectivity index (χ0n) is 18.5. The smallest absolute Gasteiger partial charge is 0.326 e. The number of phenols is 1. The fourth-order valence-corrected chi connectivity index (χ4v) is 2.80. The van der Waals surface area contributed by atoms with Gasteiger partial charge in [0.05, 0.1) is 12.1 Å². The SMILES string of the molecule is CC(N)C(=O)NC(Cc1ccc(O)cc1)C(=O)NC(C(=O)NC(C(=O)O)C(C)C)C(C)O. The third-order valence-corrected chi connectivity index (χ3v) is 4.72. The molecule has 0 saturated carbocycles. The predicted octanol–water partition coefficient (Wildman–Crippen LogP) is -1.14. The molecule has 0 heterocycles. The van der Waals surface area contributed by atoms with Gasteiger partial charge < -0.3 is 37.0 Å². The standard InChI is InChI=1S/C21H32N4O7/c1-10(2)16(21(31)32)24-20(30)17(12(4)26)25-19(29)15(23-18(28)11(3)22)9-13-5-7-14(27)8-6-13/h5-8,10-12,15-17,26-27H,9,22H2,1-4H3,(H,23,28)(H,24,30)(H,25,29)(H,31,32).